The fourth-order valence-corrected chi connectivity index (χ4v) is 2.52. The number of rotatable bonds is 7. The van der Waals surface area contributed by atoms with Crippen LogP contribution in [0.4, 0.5) is 0 Å². The van der Waals surface area contributed by atoms with Crippen LogP contribution < -0.4 is 5.32 Å². The summed E-state index contributed by atoms with van der Waals surface area (Å²) in [7, 11) is 0. The van der Waals surface area contributed by atoms with Gasteiger partial charge in [-0.05, 0) is 50.5 Å². The molecule has 0 amide bonds. The van der Waals surface area contributed by atoms with E-state index in [4.69, 9.17) is 4.74 Å². The Bertz CT molecular complexity index is 193. The molecule has 1 saturated carbocycles. The lowest BCUT2D eigenvalue weighted by Gasteiger charge is -2.32. The van der Waals surface area contributed by atoms with Gasteiger partial charge in [-0.2, -0.15) is 0 Å². The van der Waals surface area contributed by atoms with Crippen molar-refractivity contribution in [3.8, 4) is 0 Å². The molecule has 2 heteroatoms. The van der Waals surface area contributed by atoms with E-state index in [0.29, 0.717) is 12.1 Å². The molecule has 0 aromatic carbocycles. The molecule has 1 aliphatic rings. The second-order valence-electron chi connectivity index (χ2n) is 6.08. The van der Waals surface area contributed by atoms with Crippen LogP contribution in [0.3, 0.4) is 0 Å². The molecule has 0 aromatic heterocycles. The molecule has 0 aromatic rings. The molecule has 0 bridgehead atoms. The summed E-state index contributed by atoms with van der Waals surface area (Å²) in [4.78, 5) is 0. The highest BCUT2D eigenvalue weighted by atomic mass is 16.5. The highest BCUT2D eigenvalue weighted by Crippen LogP contribution is 2.30. The summed E-state index contributed by atoms with van der Waals surface area (Å²) in [5, 5.41) is 3.44. The predicted octanol–water partition coefficient (Wildman–Crippen LogP) is 3.61. The van der Waals surface area contributed by atoms with Gasteiger partial charge < -0.3 is 10.1 Å². The smallest absolute Gasteiger partial charge is 0.0577 e. The van der Waals surface area contributed by atoms with E-state index in [2.05, 4.69) is 33.0 Å². The molecule has 2 nitrogen and oxygen atoms in total. The molecule has 0 aliphatic heterocycles. The van der Waals surface area contributed by atoms with Gasteiger partial charge in [-0.3, -0.25) is 0 Å². The highest BCUT2D eigenvalue weighted by molar-refractivity contribution is 4.75. The summed E-state index contributed by atoms with van der Waals surface area (Å²) in [6.07, 6.45) is 6.86. The first-order chi connectivity index (χ1) is 8.09. The SMILES string of the molecule is CC(C)NCCCCOC1CCC(C)C(C)C1. The zero-order valence-corrected chi connectivity index (χ0v) is 12.2. The topological polar surface area (TPSA) is 21.3 Å². The van der Waals surface area contributed by atoms with Crippen LogP contribution >= 0.6 is 0 Å². The van der Waals surface area contributed by atoms with Gasteiger partial charge in [0.1, 0.15) is 0 Å². The minimum Gasteiger partial charge on any atom is -0.378 e. The molecular weight excluding hydrogens is 210 g/mol. The third-order valence-corrected chi connectivity index (χ3v) is 4.03. The Balaban J connectivity index is 1.96. The van der Waals surface area contributed by atoms with Crippen LogP contribution in [0.5, 0.6) is 0 Å². The summed E-state index contributed by atoms with van der Waals surface area (Å²) in [5.41, 5.74) is 0. The molecule has 1 N–H and O–H groups in total. The van der Waals surface area contributed by atoms with E-state index in [1.807, 2.05) is 0 Å². The molecule has 1 aliphatic carbocycles. The summed E-state index contributed by atoms with van der Waals surface area (Å²) >= 11 is 0. The summed E-state index contributed by atoms with van der Waals surface area (Å²) in [6, 6.07) is 0.608. The van der Waals surface area contributed by atoms with Gasteiger partial charge >= 0.3 is 0 Å². The van der Waals surface area contributed by atoms with Gasteiger partial charge in [0.15, 0.2) is 0 Å². The van der Waals surface area contributed by atoms with Gasteiger partial charge in [0, 0.05) is 12.6 Å². The van der Waals surface area contributed by atoms with Gasteiger partial charge in [0.05, 0.1) is 6.10 Å². The molecule has 102 valence electrons. The van der Waals surface area contributed by atoms with Crippen LogP contribution in [-0.4, -0.2) is 25.3 Å². The maximum absolute atomic E-state index is 5.98. The van der Waals surface area contributed by atoms with Gasteiger partial charge in [-0.15, -0.1) is 0 Å². The molecular formula is C15H31NO. The van der Waals surface area contributed by atoms with E-state index < -0.39 is 0 Å². The number of nitrogens with one attached hydrogen (secondary N) is 1. The maximum atomic E-state index is 5.98. The summed E-state index contributed by atoms with van der Waals surface area (Å²) in [5.74, 6) is 1.74. The third-order valence-electron chi connectivity index (χ3n) is 4.03. The Labute approximate surface area is 108 Å². The monoisotopic (exact) mass is 241 g/mol. The number of hydrogen-bond acceptors (Lipinski definition) is 2. The van der Waals surface area contributed by atoms with Crippen molar-refractivity contribution in [2.75, 3.05) is 13.2 Å². The normalized spacial score (nSPS) is 29.8. The number of unbranched alkanes of at least 4 members (excludes halogenated alkanes) is 1. The van der Waals surface area contributed by atoms with Crippen molar-refractivity contribution in [1.82, 2.24) is 5.32 Å². The Kier molecular flexibility index (Phi) is 7.14. The zero-order chi connectivity index (χ0) is 12.7. The van der Waals surface area contributed by atoms with Crippen LogP contribution in [0.25, 0.3) is 0 Å². The summed E-state index contributed by atoms with van der Waals surface area (Å²) in [6.45, 7) is 11.2. The lowest BCUT2D eigenvalue weighted by molar-refractivity contribution is 0.00117. The molecule has 1 fully saturated rings. The Morgan fingerprint density at radius 3 is 2.53 bits per heavy atom. The lowest BCUT2D eigenvalue weighted by Crippen LogP contribution is -2.27. The van der Waals surface area contributed by atoms with Crippen molar-refractivity contribution in [2.24, 2.45) is 11.8 Å². The Hall–Kier alpha value is -0.0800. The second-order valence-corrected chi connectivity index (χ2v) is 6.08. The van der Waals surface area contributed by atoms with Crippen LogP contribution in [0.2, 0.25) is 0 Å². The average Bonchev–Trinajstić information content (AvgIpc) is 2.27. The van der Waals surface area contributed by atoms with Crippen molar-refractivity contribution in [2.45, 2.75) is 71.9 Å². The first-order valence-corrected chi connectivity index (χ1v) is 7.44. The molecule has 3 unspecified atom stereocenters. The molecule has 1 rings (SSSR count). The van der Waals surface area contributed by atoms with Gasteiger partial charge in [-0.1, -0.05) is 27.7 Å². The third kappa shape index (κ3) is 6.42. The molecule has 0 spiro atoms. The van der Waals surface area contributed by atoms with Crippen molar-refractivity contribution < 1.29 is 4.74 Å². The van der Waals surface area contributed by atoms with Gasteiger partial charge in [0.25, 0.3) is 0 Å². The molecule has 0 radical (unpaired) electrons. The maximum Gasteiger partial charge on any atom is 0.0577 e. The zero-order valence-electron chi connectivity index (χ0n) is 12.2. The fourth-order valence-electron chi connectivity index (χ4n) is 2.52. The quantitative estimate of drug-likeness (QED) is 0.688. The summed E-state index contributed by atoms with van der Waals surface area (Å²) < 4.78 is 5.98. The standard InChI is InChI=1S/C15H31NO/c1-12(2)16-9-5-6-10-17-15-8-7-13(3)14(4)11-15/h12-16H,5-11H2,1-4H3. The van der Waals surface area contributed by atoms with Crippen LogP contribution in [-0.2, 0) is 4.74 Å². The number of hydrogen-bond donors (Lipinski definition) is 1. The second kappa shape index (κ2) is 8.10. The van der Waals surface area contributed by atoms with E-state index >= 15 is 0 Å². The van der Waals surface area contributed by atoms with Crippen molar-refractivity contribution in [3.05, 3.63) is 0 Å². The van der Waals surface area contributed by atoms with E-state index in [0.717, 1.165) is 25.0 Å². The van der Waals surface area contributed by atoms with Crippen molar-refractivity contribution in [1.29, 1.82) is 0 Å². The lowest BCUT2D eigenvalue weighted by atomic mass is 9.80. The fraction of sp³-hybridized carbons (Fsp3) is 1.00. The number of ether oxygens (including phenoxy) is 1. The first-order valence-electron chi connectivity index (χ1n) is 7.44. The van der Waals surface area contributed by atoms with Crippen LogP contribution in [0.1, 0.15) is 59.8 Å². The van der Waals surface area contributed by atoms with E-state index in [-0.39, 0.29) is 0 Å². The van der Waals surface area contributed by atoms with Crippen LogP contribution in [0, 0.1) is 11.8 Å². The largest absolute Gasteiger partial charge is 0.378 e. The highest BCUT2D eigenvalue weighted by Gasteiger charge is 2.24. The van der Waals surface area contributed by atoms with Gasteiger partial charge in [0.2, 0.25) is 0 Å². The van der Waals surface area contributed by atoms with Crippen LogP contribution in [0.15, 0.2) is 0 Å². The molecule has 0 heterocycles. The van der Waals surface area contributed by atoms with E-state index in [1.165, 1.54) is 32.1 Å². The van der Waals surface area contributed by atoms with Crippen molar-refractivity contribution in [3.63, 3.8) is 0 Å². The van der Waals surface area contributed by atoms with E-state index in [9.17, 15) is 0 Å². The average molecular weight is 241 g/mol. The first kappa shape index (κ1) is 15.0. The predicted molar refractivity (Wildman–Crippen MR) is 74.3 cm³/mol. The molecule has 0 saturated heterocycles. The minimum absolute atomic E-state index is 0.541. The van der Waals surface area contributed by atoms with Crippen molar-refractivity contribution >= 4 is 0 Å². The van der Waals surface area contributed by atoms with E-state index in [1.54, 1.807) is 0 Å². The molecule has 17 heavy (non-hydrogen) atoms. The Morgan fingerprint density at radius 1 is 1.12 bits per heavy atom. The Morgan fingerprint density at radius 2 is 1.88 bits per heavy atom. The molecule has 3 atom stereocenters. The minimum atomic E-state index is 0.541. The van der Waals surface area contributed by atoms with Gasteiger partial charge in [-0.25, -0.2) is 0 Å².